The maximum atomic E-state index is 13.2. The van der Waals surface area contributed by atoms with Crippen LogP contribution >= 0.6 is 0 Å². The van der Waals surface area contributed by atoms with Gasteiger partial charge in [0.1, 0.15) is 0 Å². The number of carbonyl (C=O) groups excluding carboxylic acids is 2. The molecule has 3 heteroatoms. The number of imide groups is 1. The van der Waals surface area contributed by atoms with Gasteiger partial charge in [-0.25, -0.2) is 0 Å². The van der Waals surface area contributed by atoms with Crippen LogP contribution in [0.5, 0.6) is 0 Å². The number of hydrogen-bond acceptors (Lipinski definition) is 2. The van der Waals surface area contributed by atoms with E-state index in [1.807, 2.05) is 97.1 Å². The molecule has 3 aromatic carbocycles. The highest BCUT2D eigenvalue weighted by molar-refractivity contribution is 6.17. The second kappa shape index (κ2) is 8.05. The number of carbonyl (C=O) groups is 2. The Morgan fingerprint density at radius 2 is 1.25 bits per heavy atom. The summed E-state index contributed by atoms with van der Waals surface area (Å²) in [6.07, 6.45) is 2.38. The van der Waals surface area contributed by atoms with Gasteiger partial charge in [0.2, 0.25) is 5.91 Å². The van der Waals surface area contributed by atoms with E-state index < -0.39 is 5.92 Å². The van der Waals surface area contributed by atoms with Crippen molar-refractivity contribution >= 4 is 17.9 Å². The molecule has 3 nitrogen and oxygen atoms in total. The molecule has 1 saturated heterocycles. The number of nitrogens with zero attached hydrogens (tertiary/aromatic N) is 1. The van der Waals surface area contributed by atoms with E-state index >= 15 is 0 Å². The minimum absolute atomic E-state index is 0.125. The van der Waals surface area contributed by atoms with Crippen LogP contribution in [0.15, 0.2) is 96.6 Å². The van der Waals surface area contributed by atoms with E-state index in [-0.39, 0.29) is 11.8 Å². The van der Waals surface area contributed by atoms with Gasteiger partial charge in [0.05, 0.1) is 12.5 Å². The van der Waals surface area contributed by atoms with Crippen molar-refractivity contribution in [2.45, 2.75) is 13.0 Å². The van der Waals surface area contributed by atoms with Crippen molar-refractivity contribution in [3.8, 4) is 0 Å². The highest BCUT2D eigenvalue weighted by atomic mass is 16.2. The van der Waals surface area contributed by atoms with Crippen LogP contribution in [0.3, 0.4) is 0 Å². The van der Waals surface area contributed by atoms with Crippen molar-refractivity contribution in [2.75, 3.05) is 0 Å². The van der Waals surface area contributed by atoms with Crippen LogP contribution in [0.4, 0.5) is 0 Å². The molecule has 0 bridgehead atoms. The van der Waals surface area contributed by atoms with Crippen molar-refractivity contribution in [3.05, 3.63) is 113 Å². The minimum Gasteiger partial charge on any atom is -0.274 e. The van der Waals surface area contributed by atoms with E-state index in [2.05, 4.69) is 0 Å². The van der Waals surface area contributed by atoms with Gasteiger partial charge in [-0.3, -0.25) is 14.5 Å². The number of amides is 2. The molecule has 1 heterocycles. The molecule has 1 fully saturated rings. The van der Waals surface area contributed by atoms with Crippen LogP contribution in [-0.2, 0) is 22.6 Å². The Hall–Kier alpha value is -3.46. The van der Waals surface area contributed by atoms with Gasteiger partial charge in [-0.15, -0.1) is 0 Å². The molecule has 0 radical (unpaired) electrons. The third-order valence-corrected chi connectivity index (χ3v) is 5.02. The number of likely N-dealkylation sites (tertiary alicyclic amines) is 1. The molecule has 3 aromatic rings. The molecule has 1 aliphatic heterocycles. The predicted octanol–water partition coefficient (Wildman–Crippen LogP) is 4.50. The smallest absolute Gasteiger partial charge is 0.257 e. The zero-order valence-corrected chi connectivity index (χ0v) is 15.5. The Bertz CT molecular complexity index is 994. The van der Waals surface area contributed by atoms with E-state index in [0.717, 1.165) is 16.7 Å². The summed E-state index contributed by atoms with van der Waals surface area (Å²) in [5.41, 5.74) is 3.49. The van der Waals surface area contributed by atoms with Gasteiger partial charge in [-0.05, 0) is 29.2 Å². The lowest BCUT2D eigenvalue weighted by molar-refractivity contribution is -0.139. The van der Waals surface area contributed by atoms with E-state index in [9.17, 15) is 9.59 Å². The van der Waals surface area contributed by atoms with Gasteiger partial charge in [0.15, 0.2) is 0 Å². The first-order valence-electron chi connectivity index (χ1n) is 9.42. The average molecular weight is 367 g/mol. The SMILES string of the molecule is O=C1/C(=C/c2ccccc2)C(Cc2ccccc2)C(=O)N1Cc1ccccc1. The fraction of sp³-hybridized carbons (Fsp3) is 0.120. The molecule has 1 unspecified atom stereocenters. The lowest BCUT2D eigenvalue weighted by Gasteiger charge is -2.14. The van der Waals surface area contributed by atoms with Gasteiger partial charge < -0.3 is 0 Å². The quantitative estimate of drug-likeness (QED) is 0.492. The standard InChI is InChI=1S/C25H21NO2/c27-24-22(16-19-10-4-1-5-11-19)23(17-20-12-6-2-7-13-20)25(28)26(24)18-21-14-8-3-9-15-21/h1-16,23H,17-18H2/b22-16+. The topological polar surface area (TPSA) is 37.4 Å². The fourth-order valence-electron chi connectivity index (χ4n) is 3.58. The summed E-state index contributed by atoms with van der Waals surface area (Å²) in [5.74, 6) is -0.780. The van der Waals surface area contributed by atoms with Crippen molar-refractivity contribution in [3.63, 3.8) is 0 Å². The molecule has 0 saturated carbocycles. The monoisotopic (exact) mass is 367 g/mol. The molecule has 4 rings (SSSR count). The van der Waals surface area contributed by atoms with Crippen LogP contribution in [0.2, 0.25) is 0 Å². The molecule has 0 aliphatic carbocycles. The van der Waals surface area contributed by atoms with Gasteiger partial charge in [0, 0.05) is 5.57 Å². The first-order valence-corrected chi connectivity index (χ1v) is 9.42. The van der Waals surface area contributed by atoms with Crippen LogP contribution in [0.25, 0.3) is 6.08 Å². The van der Waals surface area contributed by atoms with Gasteiger partial charge in [-0.1, -0.05) is 91.0 Å². The lowest BCUT2D eigenvalue weighted by atomic mass is 9.92. The van der Waals surface area contributed by atoms with Crippen molar-refractivity contribution in [2.24, 2.45) is 5.92 Å². The predicted molar refractivity (Wildman–Crippen MR) is 110 cm³/mol. The first-order chi connectivity index (χ1) is 13.7. The number of benzene rings is 3. The maximum Gasteiger partial charge on any atom is 0.257 e. The third kappa shape index (κ3) is 3.79. The number of rotatable bonds is 5. The van der Waals surface area contributed by atoms with Crippen LogP contribution in [-0.4, -0.2) is 16.7 Å². The molecule has 0 N–H and O–H groups in total. The molecular formula is C25H21NO2. The molecule has 138 valence electrons. The van der Waals surface area contributed by atoms with Crippen LogP contribution in [0, 0.1) is 5.92 Å². The summed E-state index contributed by atoms with van der Waals surface area (Å²) >= 11 is 0. The molecular weight excluding hydrogens is 346 g/mol. The Labute approximate surface area is 164 Å². The first kappa shape index (κ1) is 17.9. The molecule has 28 heavy (non-hydrogen) atoms. The maximum absolute atomic E-state index is 13.2. The molecule has 2 amide bonds. The second-order valence-corrected chi connectivity index (χ2v) is 6.97. The third-order valence-electron chi connectivity index (χ3n) is 5.02. The van der Waals surface area contributed by atoms with Crippen molar-refractivity contribution in [1.29, 1.82) is 0 Å². The zero-order chi connectivity index (χ0) is 19.3. The molecule has 1 atom stereocenters. The van der Waals surface area contributed by atoms with Crippen molar-refractivity contribution < 1.29 is 9.59 Å². The Balaban J connectivity index is 1.69. The molecule has 0 aromatic heterocycles. The normalized spacial score (nSPS) is 18.1. The van der Waals surface area contributed by atoms with E-state index in [0.29, 0.717) is 18.5 Å². The van der Waals surface area contributed by atoms with Crippen molar-refractivity contribution in [1.82, 2.24) is 4.90 Å². The Kier molecular flexibility index (Phi) is 5.16. The van der Waals surface area contributed by atoms with Gasteiger partial charge in [0.25, 0.3) is 5.91 Å². The summed E-state index contributed by atoms with van der Waals surface area (Å²) in [6.45, 7) is 0.302. The van der Waals surface area contributed by atoms with Crippen LogP contribution in [0.1, 0.15) is 16.7 Å². The number of hydrogen-bond donors (Lipinski definition) is 0. The minimum atomic E-state index is -0.459. The fourth-order valence-corrected chi connectivity index (χ4v) is 3.58. The zero-order valence-electron chi connectivity index (χ0n) is 15.5. The van der Waals surface area contributed by atoms with Gasteiger partial charge >= 0.3 is 0 Å². The van der Waals surface area contributed by atoms with Gasteiger partial charge in [-0.2, -0.15) is 0 Å². The van der Waals surface area contributed by atoms with E-state index in [1.165, 1.54) is 4.90 Å². The lowest BCUT2D eigenvalue weighted by Crippen LogP contribution is -2.30. The summed E-state index contributed by atoms with van der Waals surface area (Å²) < 4.78 is 0. The molecule has 1 aliphatic rings. The highest BCUT2D eigenvalue weighted by Gasteiger charge is 2.42. The Morgan fingerprint density at radius 1 is 0.714 bits per heavy atom. The van der Waals surface area contributed by atoms with E-state index in [4.69, 9.17) is 0 Å². The Morgan fingerprint density at radius 3 is 1.86 bits per heavy atom. The summed E-state index contributed by atoms with van der Waals surface area (Å²) in [7, 11) is 0. The highest BCUT2D eigenvalue weighted by Crippen LogP contribution is 2.31. The average Bonchev–Trinajstić information content (AvgIpc) is 2.95. The summed E-state index contributed by atoms with van der Waals surface area (Å²) in [6, 6.07) is 29.2. The second-order valence-electron chi connectivity index (χ2n) is 6.97. The van der Waals surface area contributed by atoms with Crippen LogP contribution < -0.4 is 0 Å². The summed E-state index contributed by atoms with van der Waals surface area (Å²) in [4.78, 5) is 27.7. The molecule has 0 spiro atoms. The summed E-state index contributed by atoms with van der Waals surface area (Å²) in [5, 5.41) is 0. The van der Waals surface area contributed by atoms with E-state index in [1.54, 1.807) is 0 Å². The largest absolute Gasteiger partial charge is 0.274 e.